The lowest BCUT2D eigenvalue weighted by Gasteiger charge is -2.28. The van der Waals surface area contributed by atoms with E-state index in [1.165, 1.54) is 17.8 Å². The molecule has 1 fully saturated rings. The van der Waals surface area contributed by atoms with Crippen LogP contribution in [-0.2, 0) is 26.2 Å². The number of sulfonamides is 1. The van der Waals surface area contributed by atoms with E-state index >= 15 is 8.78 Å². The molecule has 1 atom stereocenters. The molecule has 0 spiro atoms. The maximum absolute atomic E-state index is 15.3. The summed E-state index contributed by atoms with van der Waals surface area (Å²) < 4.78 is 62.6. The molecule has 12 heteroatoms. The summed E-state index contributed by atoms with van der Waals surface area (Å²) in [5, 5.41) is 1.25. The topological polar surface area (TPSA) is 89.0 Å². The Morgan fingerprint density at radius 2 is 2.03 bits per heavy atom. The lowest BCUT2D eigenvalue weighted by molar-refractivity contribution is -0.128. The molecule has 0 N–H and O–H groups in total. The molecule has 0 unspecified atom stereocenters. The molecule has 35 heavy (non-hydrogen) atoms. The number of aromatic nitrogens is 1. The molecule has 1 aliphatic heterocycles. The third-order valence-electron chi connectivity index (χ3n) is 5.71. The second-order valence-corrected chi connectivity index (χ2v) is 10.8. The summed E-state index contributed by atoms with van der Waals surface area (Å²) in [5.74, 6) is -3.12. The van der Waals surface area contributed by atoms with Gasteiger partial charge in [0.2, 0.25) is 0 Å². The molecule has 8 nitrogen and oxygen atoms in total. The lowest BCUT2D eigenvalue weighted by atomic mass is 10.1. The van der Waals surface area contributed by atoms with Gasteiger partial charge in [-0.1, -0.05) is 34.8 Å². The predicted octanol–water partition coefficient (Wildman–Crippen LogP) is 4.06. The number of nitrogens with zero attached hydrogens (tertiary/aromatic N) is 3. The predicted molar refractivity (Wildman–Crippen MR) is 125 cm³/mol. The van der Waals surface area contributed by atoms with Gasteiger partial charge in [0.15, 0.2) is 22.3 Å². The van der Waals surface area contributed by atoms with Gasteiger partial charge < -0.3 is 9.57 Å². The molecule has 2 heterocycles. The summed E-state index contributed by atoms with van der Waals surface area (Å²) in [7, 11) is -4.96. The number of ether oxygens (including phenoxy) is 1. The number of hydrogen-bond acceptors (Lipinski definition) is 8. The number of rotatable bonds is 9. The van der Waals surface area contributed by atoms with Gasteiger partial charge in [-0.15, -0.1) is 11.3 Å². The monoisotopic (exact) mass is 523 g/mol. The average molecular weight is 524 g/mol. The fourth-order valence-electron chi connectivity index (χ4n) is 4.02. The average Bonchev–Trinajstić information content (AvgIpc) is 3.46. The molecular formula is C23H23F2N3O5S2. The minimum absolute atomic E-state index is 0.0811. The Morgan fingerprint density at radius 3 is 2.69 bits per heavy atom. The van der Waals surface area contributed by atoms with Crippen molar-refractivity contribution in [2.75, 3.05) is 17.6 Å². The van der Waals surface area contributed by atoms with E-state index in [0.717, 1.165) is 29.5 Å². The first-order valence-corrected chi connectivity index (χ1v) is 13.0. The Bertz CT molecular complexity index is 1310. The molecule has 4 rings (SSSR count). The molecule has 1 aliphatic rings. The molecular weight excluding hydrogens is 500 g/mol. The maximum Gasteiger partial charge on any atom is 0.322 e. The van der Waals surface area contributed by atoms with E-state index in [1.807, 2.05) is 37.3 Å². The molecule has 3 aromatic rings. The summed E-state index contributed by atoms with van der Waals surface area (Å²) >= 11 is 1.01. The van der Waals surface area contributed by atoms with E-state index in [4.69, 9.17) is 4.74 Å². The van der Waals surface area contributed by atoms with Crippen LogP contribution in [0.25, 0.3) is 0 Å². The second-order valence-electron chi connectivity index (χ2n) is 8.40. The minimum Gasteiger partial charge on any atom is -0.486 e. The lowest BCUT2D eigenvalue weighted by Crippen LogP contribution is -2.36. The van der Waals surface area contributed by atoms with Crippen molar-refractivity contribution in [3.05, 3.63) is 70.1 Å². The quantitative estimate of drug-likeness (QED) is 0.309. The Balaban J connectivity index is 1.59. The highest BCUT2D eigenvalue weighted by atomic mass is 32.2. The molecule has 0 amide bonds. The zero-order valence-corrected chi connectivity index (χ0v) is 20.6. The Hall–Kier alpha value is -3.09. The number of halogens is 2. The van der Waals surface area contributed by atoms with Gasteiger partial charge in [-0.3, -0.25) is 9.69 Å². The Kier molecular flexibility index (Phi) is 7.06. The van der Waals surface area contributed by atoms with E-state index in [-0.39, 0.29) is 28.1 Å². The molecule has 0 bridgehead atoms. The van der Waals surface area contributed by atoms with Gasteiger partial charge in [-0.05, 0) is 19.4 Å². The van der Waals surface area contributed by atoms with Crippen LogP contribution in [0.2, 0.25) is 0 Å². The number of carbonyl (C=O) groups excluding carboxylic acids is 1. The molecule has 1 saturated heterocycles. The van der Waals surface area contributed by atoms with Crippen LogP contribution in [0.1, 0.15) is 24.5 Å². The van der Waals surface area contributed by atoms with Crippen LogP contribution in [0.4, 0.5) is 14.6 Å². The van der Waals surface area contributed by atoms with E-state index in [2.05, 4.69) is 14.7 Å². The fraction of sp³-hybridized carbons (Fsp3) is 0.304. The van der Waals surface area contributed by atoms with Gasteiger partial charge in [0.05, 0.1) is 5.51 Å². The van der Waals surface area contributed by atoms with Gasteiger partial charge in [-0.2, -0.15) is 8.42 Å². The summed E-state index contributed by atoms with van der Waals surface area (Å²) in [6.45, 7) is 4.95. The van der Waals surface area contributed by atoms with E-state index < -0.39 is 32.2 Å². The zero-order valence-electron chi connectivity index (χ0n) is 19.0. The van der Waals surface area contributed by atoms with Crippen molar-refractivity contribution in [1.82, 2.24) is 9.88 Å². The third-order valence-corrected chi connectivity index (χ3v) is 7.89. The fourth-order valence-corrected chi connectivity index (χ4v) is 5.94. The first-order valence-electron chi connectivity index (χ1n) is 10.6. The van der Waals surface area contributed by atoms with E-state index in [1.54, 1.807) is 0 Å². The number of thiazole rings is 1. The summed E-state index contributed by atoms with van der Waals surface area (Å²) in [4.78, 5) is 20.1. The molecule has 0 aliphatic carbocycles. The number of likely N-dealkylation sites (tertiary alicyclic amines) is 1. The van der Waals surface area contributed by atoms with Crippen LogP contribution in [-0.4, -0.2) is 43.5 Å². The maximum atomic E-state index is 15.3. The van der Waals surface area contributed by atoms with Gasteiger partial charge in [0.25, 0.3) is 0 Å². The summed E-state index contributed by atoms with van der Waals surface area (Å²) in [5.41, 5.74) is 1.51. The van der Waals surface area contributed by atoms with Gasteiger partial charge in [-0.25, -0.2) is 13.8 Å². The minimum atomic E-state index is -4.96. The number of carbonyl (C=O) groups is 1. The zero-order chi connectivity index (χ0) is 25.2. The summed E-state index contributed by atoms with van der Waals surface area (Å²) in [6.07, 6.45) is 0.618. The molecule has 1 aromatic heterocycles. The van der Waals surface area contributed by atoms with Crippen molar-refractivity contribution in [2.45, 2.75) is 37.3 Å². The van der Waals surface area contributed by atoms with Crippen molar-refractivity contribution >= 4 is 33.7 Å². The largest absolute Gasteiger partial charge is 0.486 e. The van der Waals surface area contributed by atoms with E-state index in [0.29, 0.717) is 19.5 Å². The van der Waals surface area contributed by atoms with Crippen LogP contribution in [0.5, 0.6) is 5.75 Å². The van der Waals surface area contributed by atoms with Crippen LogP contribution in [0, 0.1) is 18.6 Å². The molecule has 186 valence electrons. The van der Waals surface area contributed by atoms with E-state index in [9.17, 15) is 13.2 Å². The van der Waals surface area contributed by atoms with Crippen molar-refractivity contribution in [2.24, 2.45) is 0 Å². The number of benzene rings is 2. The van der Waals surface area contributed by atoms with Gasteiger partial charge in [0.1, 0.15) is 11.4 Å². The standard InChI is InChI=1S/C23H23F2N3O5S2/c1-16-19(33-23(2)8-9-27(13-23)11-17-6-4-3-5-7-17)10-18(24)22(21(16)25)35(30,31)28(32-15-29)20-12-34-14-26-20/h3-7,10,12,14-15H,8-9,11,13H2,1-2H3/t23-/m0/s1. The van der Waals surface area contributed by atoms with Crippen molar-refractivity contribution in [3.8, 4) is 5.75 Å². The summed E-state index contributed by atoms with van der Waals surface area (Å²) in [6, 6.07) is 10.7. The van der Waals surface area contributed by atoms with Crippen molar-refractivity contribution in [1.29, 1.82) is 0 Å². The highest BCUT2D eigenvalue weighted by molar-refractivity contribution is 7.92. The molecule has 0 radical (unpaired) electrons. The van der Waals surface area contributed by atoms with Crippen molar-refractivity contribution in [3.63, 3.8) is 0 Å². The highest BCUT2D eigenvalue weighted by Crippen LogP contribution is 2.36. The Morgan fingerprint density at radius 1 is 1.29 bits per heavy atom. The number of hydrogen-bond donors (Lipinski definition) is 0. The van der Waals surface area contributed by atoms with Crippen molar-refractivity contribution < 1.29 is 31.6 Å². The first-order chi connectivity index (χ1) is 16.6. The highest BCUT2D eigenvalue weighted by Gasteiger charge is 2.39. The first kappa shape index (κ1) is 25.0. The smallest absolute Gasteiger partial charge is 0.322 e. The van der Waals surface area contributed by atoms with Crippen LogP contribution in [0.3, 0.4) is 0 Å². The Labute approximate surface area is 205 Å². The van der Waals surface area contributed by atoms with Crippen LogP contribution < -0.4 is 9.21 Å². The number of anilines is 1. The normalized spacial score (nSPS) is 18.4. The second kappa shape index (κ2) is 9.88. The third kappa shape index (κ3) is 5.14. The van der Waals surface area contributed by atoms with Gasteiger partial charge in [0, 0.05) is 43.1 Å². The molecule has 2 aromatic carbocycles. The van der Waals surface area contributed by atoms with Crippen LogP contribution >= 0.6 is 11.3 Å². The molecule has 0 saturated carbocycles. The van der Waals surface area contributed by atoms with Crippen LogP contribution in [0.15, 0.2) is 52.2 Å². The SMILES string of the molecule is Cc1c(O[C@@]2(C)CCN(Cc3ccccc3)C2)cc(F)c(S(=O)(=O)N(OC=O)c2cscn2)c1F. The van der Waals surface area contributed by atoms with Gasteiger partial charge >= 0.3 is 16.5 Å².